The molecule has 2 rings (SSSR count). The van der Waals surface area contributed by atoms with Crippen molar-refractivity contribution in [3.05, 3.63) is 22.4 Å². The maximum atomic E-state index is 10.6. The van der Waals surface area contributed by atoms with Crippen molar-refractivity contribution in [3.63, 3.8) is 0 Å². The molecule has 0 saturated heterocycles. The Hall–Kier alpha value is -1.16. The maximum Gasteiger partial charge on any atom is 0.345 e. The molecule has 1 N–H and O–H groups in total. The monoisotopic (exact) mass is 226 g/mol. The van der Waals surface area contributed by atoms with Gasteiger partial charge in [0.2, 0.25) is 0 Å². The van der Waals surface area contributed by atoms with E-state index in [-0.39, 0.29) is 0 Å². The summed E-state index contributed by atoms with van der Waals surface area (Å²) in [4.78, 5) is 21.0. The van der Waals surface area contributed by atoms with Crippen LogP contribution >= 0.6 is 11.3 Å². The minimum atomic E-state index is -0.847. The lowest BCUT2D eigenvalue weighted by Gasteiger charge is -1.84. The summed E-state index contributed by atoms with van der Waals surface area (Å²) in [7, 11) is 0. The van der Waals surface area contributed by atoms with E-state index >= 15 is 0 Å². The SMILES string of the molecule is CCC(=O)C1CC1.O=C(O)c1cccs1. The molecule has 4 heteroatoms. The average molecular weight is 226 g/mol. The van der Waals surface area contributed by atoms with Crippen molar-refractivity contribution in [3.8, 4) is 0 Å². The predicted octanol–water partition coefficient (Wildman–Crippen LogP) is 2.82. The molecule has 1 aliphatic rings. The molecule has 0 spiro atoms. The van der Waals surface area contributed by atoms with Crippen LogP contribution in [-0.2, 0) is 4.79 Å². The molecule has 0 atom stereocenters. The number of thiophene rings is 1. The van der Waals surface area contributed by atoms with Crippen molar-refractivity contribution in [2.45, 2.75) is 26.2 Å². The first-order valence-corrected chi connectivity index (χ1v) is 5.82. The van der Waals surface area contributed by atoms with Crippen molar-refractivity contribution < 1.29 is 14.7 Å². The second kappa shape index (κ2) is 5.66. The van der Waals surface area contributed by atoms with Crippen LogP contribution in [0.15, 0.2) is 17.5 Å². The first kappa shape index (κ1) is 11.9. The quantitative estimate of drug-likeness (QED) is 0.862. The highest BCUT2D eigenvalue weighted by Crippen LogP contribution is 2.30. The Bertz CT molecular complexity index is 326. The van der Waals surface area contributed by atoms with Gasteiger partial charge < -0.3 is 5.11 Å². The van der Waals surface area contributed by atoms with E-state index in [0.29, 0.717) is 16.6 Å². The van der Waals surface area contributed by atoms with E-state index in [1.807, 2.05) is 6.92 Å². The maximum absolute atomic E-state index is 10.6. The molecular formula is C11H14O3S. The summed E-state index contributed by atoms with van der Waals surface area (Å²) in [5.41, 5.74) is 0. The van der Waals surface area contributed by atoms with Crippen LogP contribution in [0.3, 0.4) is 0 Å². The van der Waals surface area contributed by atoms with Gasteiger partial charge in [-0.1, -0.05) is 13.0 Å². The minimum Gasteiger partial charge on any atom is -0.477 e. The topological polar surface area (TPSA) is 54.4 Å². The summed E-state index contributed by atoms with van der Waals surface area (Å²) in [6.07, 6.45) is 3.06. The number of aromatic carboxylic acids is 1. The van der Waals surface area contributed by atoms with Gasteiger partial charge in [0.05, 0.1) is 0 Å². The second-order valence-electron chi connectivity index (χ2n) is 3.38. The van der Waals surface area contributed by atoms with Gasteiger partial charge in [-0.25, -0.2) is 4.79 Å². The van der Waals surface area contributed by atoms with E-state index in [4.69, 9.17) is 5.11 Å². The summed E-state index contributed by atoms with van der Waals surface area (Å²) in [5.74, 6) is 0.0880. The van der Waals surface area contributed by atoms with E-state index in [1.165, 1.54) is 11.3 Å². The Morgan fingerprint density at radius 1 is 1.53 bits per heavy atom. The molecule has 0 bridgehead atoms. The van der Waals surface area contributed by atoms with Gasteiger partial charge in [-0.15, -0.1) is 11.3 Å². The fourth-order valence-electron chi connectivity index (χ4n) is 1.09. The molecule has 82 valence electrons. The first-order chi connectivity index (χ1) is 7.15. The standard InChI is InChI=1S/C6H10O.C5H4O2S/c1-2-6(7)5-3-4-5;6-5(7)4-2-1-3-8-4/h5H,2-4H2,1H3;1-3H,(H,6,7). The van der Waals surface area contributed by atoms with Crippen LogP contribution in [0.1, 0.15) is 35.9 Å². The van der Waals surface area contributed by atoms with Gasteiger partial charge >= 0.3 is 5.97 Å². The Morgan fingerprint density at radius 2 is 2.20 bits per heavy atom. The molecule has 1 heterocycles. The molecule has 1 saturated carbocycles. The van der Waals surface area contributed by atoms with Crippen LogP contribution in [0.2, 0.25) is 0 Å². The highest BCUT2D eigenvalue weighted by molar-refractivity contribution is 7.11. The molecule has 1 aromatic heterocycles. The Kier molecular flexibility index (Phi) is 4.49. The lowest BCUT2D eigenvalue weighted by Crippen LogP contribution is -1.95. The smallest absolute Gasteiger partial charge is 0.345 e. The van der Waals surface area contributed by atoms with Gasteiger partial charge in [0.1, 0.15) is 10.7 Å². The van der Waals surface area contributed by atoms with Crippen molar-refractivity contribution in [2.75, 3.05) is 0 Å². The highest BCUT2D eigenvalue weighted by atomic mass is 32.1. The molecule has 1 fully saturated rings. The van der Waals surface area contributed by atoms with Gasteiger partial charge in [0.15, 0.2) is 0 Å². The summed E-state index contributed by atoms with van der Waals surface area (Å²) in [6.45, 7) is 1.93. The zero-order chi connectivity index (χ0) is 11.3. The van der Waals surface area contributed by atoms with Crippen LogP contribution in [0, 0.1) is 5.92 Å². The molecule has 0 amide bonds. The van der Waals surface area contributed by atoms with Crippen LogP contribution in [0.25, 0.3) is 0 Å². The van der Waals surface area contributed by atoms with Crippen LogP contribution in [0.5, 0.6) is 0 Å². The van der Waals surface area contributed by atoms with Crippen molar-refractivity contribution in [2.24, 2.45) is 5.92 Å². The summed E-state index contributed by atoms with van der Waals surface area (Å²) in [5, 5.41) is 10.0. The van der Waals surface area contributed by atoms with E-state index < -0.39 is 5.97 Å². The summed E-state index contributed by atoms with van der Waals surface area (Å²) >= 11 is 1.23. The molecule has 1 aromatic rings. The highest BCUT2D eigenvalue weighted by Gasteiger charge is 2.27. The van der Waals surface area contributed by atoms with Gasteiger partial charge in [-0.3, -0.25) is 4.79 Å². The van der Waals surface area contributed by atoms with Gasteiger partial charge in [0.25, 0.3) is 0 Å². The van der Waals surface area contributed by atoms with E-state index in [1.54, 1.807) is 17.5 Å². The van der Waals surface area contributed by atoms with Gasteiger partial charge in [-0.05, 0) is 24.3 Å². The van der Waals surface area contributed by atoms with Crippen molar-refractivity contribution >= 4 is 23.1 Å². The largest absolute Gasteiger partial charge is 0.477 e. The lowest BCUT2D eigenvalue weighted by molar-refractivity contribution is -0.119. The summed E-state index contributed by atoms with van der Waals surface area (Å²) in [6, 6.07) is 3.29. The van der Waals surface area contributed by atoms with E-state index in [0.717, 1.165) is 19.3 Å². The van der Waals surface area contributed by atoms with Gasteiger partial charge in [-0.2, -0.15) is 0 Å². The number of carboxylic acid groups (broad SMARTS) is 1. The molecule has 0 aromatic carbocycles. The first-order valence-electron chi connectivity index (χ1n) is 4.94. The third-order valence-electron chi connectivity index (χ3n) is 2.11. The number of carbonyl (C=O) groups excluding carboxylic acids is 1. The van der Waals surface area contributed by atoms with Crippen molar-refractivity contribution in [1.29, 1.82) is 0 Å². The fraction of sp³-hybridized carbons (Fsp3) is 0.455. The second-order valence-corrected chi connectivity index (χ2v) is 4.32. The number of ketones is 1. The Labute approximate surface area is 92.7 Å². The molecular weight excluding hydrogens is 212 g/mol. The molecule has 15 heavy (non-hydrogen) atoms. The molecule has 0 unspecified atom stereocenters. The minimum absolute atomic E-state index is 0.394. The molecule has 0 radical (unpaired) electrons. The number of hydrogen-bond donors (Lipinski definition) is 1. The third-order valence-corrected chi connectivity index (χ3v) is 2.97. The molecule has 1 aliphatic carbocycles. The number of carbonyl (C=O) groups is 2. The van der Waals surface area contributed by atoms with Crippen LogP contribution in [0.4, 0.5) is 0 Å². The fourth-order valence-corrected chi connectivity index (χ4v) is 1.66. The third kappa shape index (κ3) is 4.25. The predicted molar refractivity (Wildman–Crippen MR) is 59.3 cm³/mol. The zero-order valence-corrected chi connectivity index (χ0v) is 9.42. The number of carboxylic acids is 1. The number of hydrogen-bond acceptors (Lipinski definition) is 3. The average Bonchev–Trinajstić information content (AvgIpc) is 2.92. The van der Waals surface area contributed by atoms with Crippen molar-refractivity contribution in [1.82, 2.24) is 0 Å². The number of Topliss-reactive ketones (excluding diaryl/α,β-unsaturated/α-hetero) is 1. The normalized spacial score (nSPS) is 13.9. The Balaban J connectivity index is 0.000000151. The van der Waals surface area contributed by atoms with Crippen LogP contribution < -0.4 is 0 Å². The Morgan fingerprint density at radius 3 is 2.40 bits per heavy atom. The number of rotatable bonds is 3. The molecule has 0 aliphatic heterocycles. The van der Waals surface area contributed by atoms with Crippen LogP contribution in [-0.4, -0.2) is 16.9 Å². The van der Waals surface area contributed by atoms with E-state index in [9.17, 15) is 9.59 Å². The summed E-state index contributed by atoms with van der Waals surface area (Å²) < 4.78 is 0. The lowest BCUT2D eigenvalue weighted by atomic mass is 10.2. The van der Waals surface area contributed by atoms with Gasteiger partial charge in [0, 0.05) is 12.3 Å². The molecule has 3 nitrogen and oxygen atoms in total. The van der Waals surface area contributed by atoms with E-state index in [2.05, 4.69) is 0 Å². The zero-order valence-electron chi connectivity index (χ0n) is 8.60.